The molecule has 1 aromatic carbocycles. The molecular weight excluding hydrogens is 302 g/mol. The lowest BCUT2D eigenvalue weighted by Gasteiger charge is -2.32. The van der Waals surface area contributed by atoms with Crippen LogP contribution in [0.2, 0.25) is 0 Å². The van der Waals surface area contributed by atoms with Crippen LogP contribution in [-0.4, -0.2) is 58.7 Å². The molecule has 22 heavy (non-hydrogen) atoms. The van der Waals surface area contributed by atoms with Crippen LogP contribution in [0.5, 0.6) is 0 Å². The lowest BCUT2D eigenvalue weighted by Crippen LogP contribution is -2.46. The summed E-state index contributed by atoms with van der Waals surface area (Å²) in [5.74, 6) is 0.00288. The van der Waals surface area contributed by atoms with E-state index in [-0.39, 0.29) is 11.9 Å². The molecule has 0 unspecified atom stereocenters. The molecule has 0 bridgehead atoms. The molecule has 122 valence electrons. The van der Waals surface area contributed by atoms with E-state index in [0.29, 0.717) is 31.5 Å². The Labute approximate surface area is 132 Å². The van der Waals surface area contributed by atoms with Gasteiger partial charge in [-0.2, -0.15) is 0 Å². The normalized spacial score (nSPS) is 16.6. The fourth-order valence-corrected chi connectivity index (χ4v) is 3.43. The van der Waals surface area contributed by atoms with E-state index >= 15 is 0 Å². The van der Waals surface area contributed by atoms with Gasteiger partial charge in [-0.05, 0) is 37.1 Å². The average Bonchev–Trinajstić information content (AvgIpc) is 2.46. The molecule has 1 N–H and O–H groups in total. The second-order valence-corrected chi connectivity index (χ2v) is 7.68. The van der Waals surface area contributed by atoms with Crippen molar-refractivity contribution in [3.63, 3.8) is 0 Å². The van der Waals surface area contributed by atoms with Crippen molar-refractivity contribution in [3.8, 4) is 0 Å². The molecule has 0 radical (unpaired) electrons. The quantitative estimate of drug-likeness (QED) is 0.893. The Morgan fingerprint density at radius 3 is 2.18 bits per heavy atom. The van der Waals surface area contributed by atoms with Gasteiger partial charge in [-0.25, -0.2) is 13.1 Å². The number of piperidine rings is 1. The third-order valence-electron chi connectivity index (χ3n) is 3.79. The first-order valence-electron chi connectivity index (χ1n) is 7.30. The highest BCUT2D eigenvalue weighted by Crippen LogP contribution is 2.17. The molecule has 2 rings (SSSR count). The Morgan fingerprint density at radius 2 is 1.73 bits per heavy atom. The van der Waals surface area contributed by atoms with Crippen LogP contribution in [0.4, 0.5) is 5.69 Å². The van der Waals surface area contributed by atoms with E-state index in [0.717, 1.165) is 11.9 Å². The first-order valence-corrected chi connectivity index (χ1v) is 9.19. The van der Waals surface area contributed by atoms with Gasteiger partial charge in [0.05, 0.1) is 6.26 Å². The average molecular weight is 325 g/mol. The summed E-state index contributed by atoms with van der Waals surface area (Å²) in [6.07, 6.45) is 2.46. The number of carbonyl (C=O) groups is 1. The van der Waals surface area contributed by atoms with E-state index in [1.54, 1.807) is 4.90 Å². The third-order valence-corrected chi connectivity index (χ3v) is 4.56. The molecule has 0 aromatic heterocycles. The van der Waals surface area contributed by atoms with Gasteiger partial charge >= 0.3 is 0 Å². The monoisotopic (exact) mass is 325 g/mol. The van der Waals surface area contributed by atoms with Gasteiger partial charge < -0.3 is 9.80 Å². The van der Waals surface area contributed by atoms with E-state index < -0.39 is 10.0 Å². The molecule has 0 saturated carbocycles. The number of benzene rings is 1. The second kappa shape index (κ2) is 6.66. The van der Waals surface area contributed by atoms with Gasteiger partial charge in [-0.15, -0.1) is 0 Å². The molecule has 0 spiro atoms. The van der Waals surface area contributed by atoms with Crippen molar-refractivity contribution in [2.75, 3.05) is 38.3 Å². The lowest BCUT2D eigenvalue weighted by molar-refractivity contribution is 0.0711. The molecule has 1 fully saturated rings. The predicted octanol–water partition coefficient (Wildman–Crippen LogP) is 0.906. The maximum absolute atomic E-state index is 12.4. The number of rotatable bonds is 4. The van der Waals surface area contributed by atoms with Gasteiger partial charge in [0.25, 0.3) is 5.91 Å². The molecule has 1 heterocycles. The van der Waals surface area contributed by atoms with Gasteiger partial charge in [0, 0.05) is 44.5 Å². The zero-order valence-electron chi connectivity index (χ0n) is 13.2. The minimum Gasteiger partial charge on any atom is -0.378 e. The summed E-state index contributed by atoms with van der Waals surface area (Å²) in [6.45, 7) is 1.14. The van der Waals surface area contributed by atoms with Crippen molar-refractivity contribution in [2.45, 2.75) is 18.9 Å². The fourth-order valence-electron chi connectivity index (χ4n) is 2.59. The van der Waals surface area contributed by atoms with Crippen molar-refractivity contribution in [3.05, 3.63) is 29.8 Å². The first-order chi connectivity index (χ1) is 10.3. The molecule has 6 nitrogen and oxygen atoms in total. The Balaban J connectivity index is 1.95. The molecular formula is C15H23N3O3S. The van der Waals surface area contributed by atoms with Gasteiger partial charge in [0.1, 0.15) is 0 Å². The topological polar surface area (TPSA) is 69.7 Å². The Hall–Kier alpha value is -1.60. The molecule has 1 aliphatic heterocycles. The van der Waals surface area contributed by atoms with Crippen LogP contribution in [0.3, 0.4) is 0 Å². The molecule has 1 aliphatic rings. The van der Waals surface area contributed by atoms with Crippen molar-refractivity contribution < 1.29 is 13.2 Å². The smallest absolute Gasteiger partial charge is 0.253 e. The van der Waals surface area contributed by atoms with Crippen molar-refractivity contribution in [1.82, 2.24) is 9.62 Å². The summed E-state index contributed by atoms with van der Waals surface area (Å²) in [5, 5.41) is 0. The highest BCUT2D eigenvalue weighted by atomic mass is 32.2. The van der Waals surface area contributed by atoms with Crippen LogP contribution < -0.4 is 9.62 Å². The van der Waals surface area contributed by atoms with Gasteiger partial charge in [-0.1, -0.05) is 0 Å². The molecule has 7 heteroatoms. The van der Waals surface area contributed by atoms with Crippen LogP contribution in [0, 0.1) is 0 Å². The van der Waals surface area contributed by atoms with Crippen LogP contribution in [-0.2, 0) is 10.0 Å². The zero-order valence-corrected chi connectivity index (χ0v) is 14.1. The summed E-state index contributed by atoms with van der Waals surface area (Å²) in [7, 11) is 0.725. The van der Waals surface area contributed by atoms with Gasteiger partial charge in [0.2, 0.25) is 10.0 Å². The van der Waals surface area contributed by atoms with E-state index in [1.165, 1.54) is 0 Å². The fraction of sp³-hybridized carbons (Fsp3) is 0.533. The van der Waals surface area contributed by atoms with Crippen molar-refractivity contribution >= 4 is 21.6 Å². The summed E-state index contributed by atoms with van der Waals surface area (Å²) < 4.78 is 25.1. The predicted molar refractivity (Wildman–Crippen MR) is 87.7 cm³/mol. The largest absolute Gasteiger partial charge is 0.378 e. The van der Waals surface area contributed by atoms with Gasteiger partial charge in [0.15, 0.2) is 0 Å². The lowest BCUT2D eigenvalue weighted by atomic mass is 10.0. The summed E-state index contributed by atoms with van der Waals surface area (Å²) >= 11 is 0. The summed E-state index contributed by atoms with van der Waals surface area (Å²) in [5.41, 5.74) is 1.72. The maximum atomic E-state index is 12.4. The molecule has 0 atom stereocenters. The number of nitrogens with one attached hydrogen (secondary N) is 1. The molecule has 1 amide bonds. The van der Waals surface area contributed by atoms with Crippen molar-refractivity contribution in [2.24, 2.45) is 0 Å². The van der Waals surface area contributed by atoms with Crippen LogP contribution in [0.1, 0.15) is 23.2 Å². The zero-order chi connectivity index (χ0) is 16.3. The number of anilines is 1. The van der Waals surface area contributed by atoms with Crippen molar-refractivity contribution in [1.29, 1.82) is 0 Å². The number of likely N-dealkylation sites (tertiary alicyclic amines) is 1. The Morgan fingerprint density at radius 1 is 1.18 bits per heavy atom. The Kier molecular flexibility index (Phi) is 5.08. The SMILES string of the molecule is CN(C)c1ccc(C(=O)N2CCC(NS(C)(=O)=O)CC2)cc1. The van der Waals surface area contributed by atoms with Crippen LogP contribution in [0.25, 0.3) is 0 Å². The van der Waals surface area contributed by atoms with E-state index in [4.69, 9.17) is 0 Å². The standard InChI is InChI=1S/C15H23N3O3S/c1-17(2)14-6-4-12(5-7-14)15(19)18-10-8-13(9-11-18)16-22(3,20)21/h4-7,13,16H,8-11H2,1-3H3. The van der Waals surface area contributed by atoms with E-state index in [1.807, 2.05) is 43.3 Å². The first kappa shape index (κ1) is 16.8. The highest BCUT2D eigenvalue weighted by Gasteiger charge is 2.25. The second-order valence-electron chi connectivity index (χ2n) is 5.90. The van der Waals surface area contributed by atoms with E-state index in [2.05, 4.69) is 4.72 Å². The summed E-state index contributed by atoms with van der Waals surface area (Å²) in [4.78, 5) is 16.2. The van der Waals surface area contributed by atoms with E-state index in [9.17, 15) is 13.2 Å². The molecule has 1 aromatic rings. The number of hydrogen-bond donors (Lipinski definition) is 1. The van der Waals surface area contributed by atoms with Gasteiger partial charge in [-0.3, -0.25) is 4.79 Å². The number of amides is 1. The van der Waals surface area contributed by atoms with Crippen LogP contribution in [0.15, 0.2) is 24.3 Å². The maximum Gasteiger partial charge on any atom is 0.253 e. The highest BCUT2D eigenvalue weighted by molar-refractivity contribution is 7.88. The molecule has 1 saturated heterocycles. The number of nitrogens with zero attached hydrogens (tertiary/aromatic N) is 2. The summed E-state index contributed by atoms with van der Waals surface area (Å²) in [6, 6.07) is 7.43. The number of carbonyl (C=O) groups excluding carboxylic acids is 1. The number of sulfonamides is 1. The van der Waals surface area contributed by atoms with Crippen LogP contribution >= 0.6 is 0 Å². The minimum absolute atomic E-state index is 0.00288. The Bertz CT molecular complexity index is 618. The minimum atomic E-state index is -3.18. The number of hydrogen-bond acceptors (Lipinski definition) is 4. The third kappa shape index (κ3) is 4.45. The molecule has 0 aliphatic carbocycles.